The molecule has 2 aromatic heterocycles. The number of hydrogen-bond donors (Lipinski definition) is 0. The molecule has 0 N–H and O–H groups in total. The molecule has 14 aromatic rings. The summed E-state index contributed by atoms with van der Waals surface area (Å²) in [5.41, 5.74) is 13.7. The molecule has 2 nitrogen and oxygen atoms in total. The lowest BCUT2D eigenvalue weighted by atomic mass is 9.97. The Hall–Kier alpha value is -8.80. The Morgan fingerprint density at radius 2 is 0.708 bits per heavy atom. The van der Waals surface area contributed by atoms with E-state index in [1.165, 1.54) is 84.1 Å². The first-order valence-corrected chi connectivity index (χ1v) is 26.1. The molecule has 14 rings (SSSR count). The fourth-order valence-corrected chi connectivity index (χ4v) is 13.0. The average molecular weight is 953 g/mol. The van der Waals surface area contributed by atoms with Crippen molar-refractivity contribution in [2.75, 3.05) is 9.80 Å². The highest BCUT2D eigenvalue weighted by atomic mass is 32.1. The third-order valence-electron chi connectivity index (χ3n) is 14.2. The summed E-state index contributed by atoms with van der Waals surface area (Å²) in [6.45, 7) is 0. The zero-order valence-corrected chi connectivity index (χ0v) is 40.7. The van der Waals surface area contributed by atoms with Gasteiger partial charge in [-0.3, -0.25) is 0 Å². The maximum atomic E-state index is 2.44. The minimum absolute atomic E-state index is 1.08. The van der Waals surface area contributed by atoms with Gasteiger partial charge in [-0.1, -0.05) is 182 Å². The summed E-state index contributed by atoms with van der Waals surface area (Å²) < 4.78 is 5.13. The van der Waals surface area contributed by atoms with Crippen LogP contribution in [0, 0.1) is 0 Å². The van der Waals surface area contributed by atoms with E-state index < -0.39 is 0 Å². The van der Waals surface area contributed by atoms with E-state index in [1.807, 2.05) is 22.7 Å². The molecule has 0 bridgehead atoms. The van der Waals surface area contributed by atoms with Crippen LogP contribution in [0.1, 0.15) is 0 Å². The van der Waals surface area contributed by atoms with Crippen molar-refractivity contribution in [2.24, 2.45) is 0 Å². The van der Waals surface area contributed by atoms with Crippen molar-refractivity contribution in [2.45, 2.75) is 0 Å². The van der Waals surface area contributed by atoms with Gasteiger partial charge in [0, 0.05) is 74.3 Å². The van der Waals surface area contributed by atoms with E-state index in [0.29, 0.717) is 0 Å². The van der Waals surface area contributed by atoms with Crippen molar-refractivity contribution in [3.63, 3.8) is 0 Å². The normalized spacial score (nSPS) is 11.6. The van der Waals surface area contributed by atoms with E-state index in [1.54, 1.807) is 0 Å². The minimum Gasteiger partial charge on any atom is -0.310 e. The van der Waals surface area contributed by atoms with E-state index in [0.717, 1.165) is 45.3 Å². The van der Waals surface area contributed by atoms with E-state index in [-0.39, 0.29) is 0 Å². The summed E-state index contributed by atoms with van der Waals surface area (Å²) in [5.74, 6) is 0. The van der Waals surface area contributed by atoms with Gasteiger partial charge in [0.1, 0.15) is 0 Å². The molecule has 338 valence electrons. The van der Waals surface area contributed by atoms with Crippen molar-refractivity contribution in [1.29, 1.82) is 0 Å². The van der Waals surface area contributed by atoms with Crippen LogP contribution < -0.4 is 9.80 Å². The van der Waals surface area contributed by atoms with E-state index in [9.17, 15) is 0 Å². The van der Waals surface area contributed by atoms with Crippen molar-refractivity contribution in [3.05, 3.63) is 267 Å². The summed E-state index contributed by atoms with van der Waals surface area (Å²) in [7, 11) is 0. The van der Waals surface area contributed by atoms with Crippen LogP contribution in [-0.4, -0.2) is 0 Å². The topological polar surface area (TPSA) is 6.48 Å². The minimum atomic E-state index is 1.08. The molecule has 0 saturated heterocycles. The molecule has 0 spiro atoms. The average Bonchev–Trinajstić information content (AvgIpc) is 4.01. The molecule has 2 heterocycles. The number of benzene rings is 12. The highest BCUT2D eigenvalue weighted by Crippen LogP contribution is 2.47. The van der Waals surface area contributed by atoms with Crippen LogP contribution in [0.15, 0.2) is 267 Å². The van der Waals surface area contributed by atoms with Crippen molar-refractivity contribution >= 4 is 119 Å². The monoisotopic (exact) mass is 952 g/mol. The van der Waals surface area contributed by atoms with Crippen molar-refractivity contribution < 1.29 is 0 Å². The summed E-state index contributed by atoms with van der Waals surface area (Å²) in [5, 5.41) is 10.2. The van der Waals surface area contributed by atoms with Gasteiger partial charge in [-0.25, -0.2) is 0 Å². The molecule has 0 unspecified atom stereocenters. The van der Waals surface area contributed by atoms with E-state index in [4.69, 9.17) is 0 Å². The third-order valence-corrected chi connectivity index (χ3v) is 16.5. The summed E-state index contributed by atoms with van der Waals surface area (Å²) in [6.07, 6.45) is 0. The first-order chi connectivity index (χ1) is 35.7. The SMILES string of the molecule is c1cc(-c2ccccc2N(c2ccc(-c3ccc4ccccc4c3)cc2)c2ccc3c(c2)sc2ccccc23)cc(N(c2ccc(-c3cccc4ccccc34)cc2)c2ccc3c(c2)sc2ccccc23)c1. The number of fused-ring (bicyclic) bond motifs is 8. The lowest BCUT2D eigenvalue weighted by Gasteiger charge is -2.29. The van der Waals surface area contributed by atoms with Gasteiger partial charge in [0.15, 0.2) is 0 Å². The van der Waals surface area contributed by atoms with Crippen LogP contribution in [0.5, 0.6) is 0 Å². The molecular formula is C68H44N2S2. The van der Waals surface area contributed by atoms with Crippen molar-refractivity contribution in [3.8, 4) is 33.4 Å². The van der Waals surface area contributed by atoms with Crippen LogP contribution in [0.3, 0.4) is 0 Å². The van der Waals surface area contributed by atoms with Gasteiger partial charge in [-0.15, -0.1) is 22.7 Å². The Morgan fingerprint density at radius 3 is 1.43 bits per heavy atom. The molecule has 0 atom stereocenters. The first kappa shape index (κ1) is 42.1. The molecule has 12 aromatic carbocycles. The Labute approximate surface area is 426 Å². The molecular weight excluding hydrogens is 909 g/mol. The van der Waals surface area contributed by atoms with Gasteiger partial charge in [0.2, 0.25) is 0 Å². The van der Waals surface area contributed by atoms with Crippen LogP contribution in [0.2, 0.25) is 0 Å². The smallest absolute Gasteiger partial charge is 0.0540 e. The van der Waals surface area contributed by atoms with Gasteiger partial charge in [-0.05, 0) is 134 Å². The Balaban J connectivity index is 0.906. The fourth-order valence-electron chi connectivity index (χ4n) is 10.7. The molecule has 0 aliphatic rings. The number of anilines is 6. The number of nitrogens with zero attached hydrogens (tertiary/aromatic N) is 2. The number of rotatable bonds is 9. The molecule has 0 radical (unpaired) electrons. The fraction of sp³-hybridized carbons (Fsp3) is 0. The van der Waals surface area contributed by atoms with Crippen molar-refractivity contribution in [1.82, 2.24) is 0 Å². The standard InChI is InChI=1S/C68H44N2S2/c1-2-15-49-41-50(28-27-45(49)13-1)46-29-33-53(34-30-46)70(56-38-40-63-61-22-7-10-26-66(61)72-68(63)44-56)64-24-8-5-20-59(64)51-17-11-18-54(42-51)69(55-37-39-62-60-21-6-9-25-65(60)71-67(62)43-55)52-35-31-48(32-36-52)58-23-12-16-47-14-3-4-19-57(47)58/h1-44H. The number of hydrogen-bond acceptors (Lipinski definition) is 4. The van der Waals surface area contributed by atoms with Gasteiger partial charge < -0.3 is 9.80 Å². The Bertz CT molecular complexity index is 4350. The third kappa shape index (κ3) is 7.39. The zero-order valence-electron chi connectivity index (χ0n) is 39.1. The van der Waals surface area contributed by atoms with Gasteiger partial charge in [0.05, 0.1) is 5.69 Å². The molecule has 0 saturated carbocycles. The molecule has 4 heteroatoms. The molecule has 0 aliphatic heterocycles. The maximum absolute atomic E-state index is 2.44. The highest BCUT2D eigenvalue weighted by molar-refractivity contribution is 7.26. The maximum Gasteiger partial charge on any atom is 0.0540 e. The first-order valence-electron chi connectivity index (χ1n) is 24.5. The summed E-state index contributed by atoms with van der Waals surface area (Å²) in [6, 6.07) is 98.1. The lowest BCUT2D eigenvalue weighted by molar-refractivity contribution is 1.28. The van der Waals surface area contributed by atoms with Crippen LogP contribution in [0.25, 0.3) is 95.3 Å². The summed E-state index contributed by atoms with van der Waals surface area (Å²) >= 11 is 3.71. The largest absolute Gasteiger partial charge is 0.310 e. The van der Waals surface area contributed by atoms with Crippen LogP contribution in [0.4, 0.5) is 34.1 Å². The Morgan fingerprint density at radius 1 is 0.222 bits per heavy atom. The van der Waals surface area contributed by atoms with Gasteiger partial charge in [-0.2, -0.15) is 0 Å². The highest BCUT2D eigenvalue weighted by Gasteiger charge is 2.21. The predicted octanol–water partition coefficient (Wildman–Crippen LogP) is 20.7. The second-order valence-electron chi connectivity index (χ2n) is 18.5. The lowest BCUT2D eigenvalue weighted by Crippen LogP contribution is -2.12. The van der Waals surface area contributed by atoms with Crippen LogP contribution >= 0.6 is 22.7 Å². The zero-order chi connectivity index (χ0) is 47.5. The van der Waals surface area contributed by atoms with E-state index >= 15 is 0 Å². The van der Waals surface area contributed by atoms with Gasteiger partial charge in [0.25, 0.3) is 0 Å². The molecule has 0 aliphatic carbocycles. The quantitative estimate of drug-likeness (QED) is 0.142. The summed E-state index contributed by atoms with van der Waals surface area (Å²) in [4.78, 5) is 4.86. The predicted molar refractivity (Wildman–Crippen MR) is 313 cm³/mol. The molecule has 0 amide bonds. The van der Waals surface area contributed by atoms with Gasteiger partial charge >= 0.3 is 0 Å². The number of para-hydroxylation sites is 1. The second-order valence-corrected chi connectivity index (χ2v) is 20.6. The Kier molecular flexibility index (Phi) is 10.3. The van der Waals surface area contributed by atoms with Crippen LogP contribution in [-0.2, 0) is 0 Å². The van der Waals surface area contributed by atoms with E-state index in [2.05, 4.69) is 277 Å². The molecule has 0 fully saturated rings. The second kappa shape index (κ2) is 17.6. The molecule has 72 heavy (non-hydrogen) atoms. The number of thiophene rings is 2.